The maximum atomic E-state index is 14.6. The van der Waals surface area contributed by atoms with E-state index in [4.69, 9.17) is 0 Å². The van der Waals surface area contributed by atoms with E-state index in [0.29, 0.717) is 12.1 Å². The van der Waals surface area contributed by atoms with E-state index in [9.17, 15) is 27.5 Å². The first-order chi connectivity index (χ1) is 15.1. The number of halogens is 4. The number of hydrogen-bond donors (Lipinski definition) is 2. The van der Waals surface area contributed by atoms with Crippen molar-refractivity contribution >= 4 is 11.6 Å². The number of pyridine rings is 1. The quantitative estimate of drug-likeness (QED) is 0.580. The predicted octanol–water partition coefficient (Wildman–Crippen LogP) is 3.20. The van der Waals surface area contributed by atoms with Crippen LogP contribution in [0.1, 0.15) is 42.3 Å². The number of alkyl halides is 3. The van der Waals surface area contributed by atoms with Crippen molar-refractivity contribution in [3.8, 4) is 5.82 Å². The number of aryl methyl sites for hydroxylation is 1. The zero-order valence-electron chi connectivity index (χ0n) is 17.0. The summed E-state index contributed by atoms with van der Waals surface area (Å²) in [5.74, 6) is -1.54. The molecule has 0 aliphatic heterocycles. The molecular weight excluding hydrogens is 432 g/mol. The number of aliphatic hydroxyl groups excluding tert-OH is 1. The van der Waals surface area contributed by atoms with Gasteiger partial charge in [0.25, 0.3) is 0 Å². The highest BCUT2D eigenvalue weighted by molar-refractivity contribution is 5.90. The molecule has 0 saturated heterocycles. The van der Waals surface area contributed by atoms with Crippen LogP contribution in [0.15, 0.2) is 30.9 Å². The molecule has 0 spiro atoms. The number of anilines is 1. The van der Waals surface area contributed by atoms with Crippen LogP contribution in [-0.2, 0) is 17.5 Å². The minimum absolute atomic E-state index is 0.0352. The summed E-state index contributed by atoms with van der Waals surface area (Å²) in [6.45, 7) is 0.926. The molecule has 1 aliphatic rings. The molecule has 2 N–H and O–H groups in total. The van der Waals surface area contributed by atoms with Gasteiger partial charge in [0.05, 0.1) is 23.7 Å². The van der Waals surface area contributed by atoms with Crippen molar-refractivity contribution in [2.45, 2.75) is 50.9 Å². The van der Waals surface area contributed by atoms with Gasteiger partial charge in [0.2, 0.25) is 5.91 Å². The Labute approximate surface area is 179 Å². The average molecular weight is 452 g/mol. The molecule has 3 aromatic heterocycles. The second-order valence-corrected chi connectivity index (χ2v) is 7.71. The van der Waals surface area contributed by atoms with E-state index in [1.165, 1.54) is 24.0 Å². The molecule has 0 radical (unpaired) electrons. The largest absolute Gasteiger partial charge is 0.435 e. The number of amides is 1. The average Bonchev–Trinajstić information content (AvgIpc) is 3.42. The molecule has 3 heterocycles. The summed E-state index contributed by atoms with van der Waals surface area (Å²) in [7, 11) is 0. The van der Waals surface area contributed by atoms with Crippen molar-refractivity contribution in [2.24, 2.45) is 0 Å². The summed E-state index contributed by atoms with van der Waals surface area (Å²) in [4.78, 5) is 20.5. The number of carbonyl (C=O) groups is 1. The lowest BCUT2D eigenvalue weighted by Crippen LogP contribution is -2.21. The predicted molar refractivity (Wildman–Crippen MR) is 105 cm³/mol. The van der Waals surface area contributed by atoms with Crippen LogP contribution in [0.3, 0.4) is 0 Å². The first kappa shape index (κ1) is 21.9. The van der Waals surface area contributed by atoms with Crippen LogP contribution in [0.5, 0.6) is 0 Å². The number of hydrogen-bond acceptors (Lipinski definition) is 5. The molecule has 1 fully saturated rings. The lowest BCUT2D eigenvalue weighted by atomic mass is 10.0. The fourth-order valence-electron chi connectivity index (χ4n) is 3.77. The van der Waals surface area contributed by atoms with Gasteiger partial charge in [-0.15, -0.1) is 0 Å². The molecule has 8 nitrogen and oxygen atoms in total. The summed E-state index contributed by atoms with van der Waals surface area (Å²) in [6, 6.07) is 1.90. The number of imidazole rings is 1. The number of nitrogens with one attached hydrogen (secondary N) is 1. The Balaban J connectivity index is 1.44. The van der Waals surface area contributed by atoms with E-state index < -0.39 is 36.2 Å². The third kappa shape index (κ3) is 4.49. The lowest BCUT2D eigenvalue weighted by molar-refractivity contribution is -0.141. The van der Waals surface area contributed by atoms with Crippen LogP contribution < -0.4 is 5.32 Å². The van der Waals surface area contributed by atoms with Crippen molar-refractivity contribution in [3.63, 3.8) is 0 Å². The van der Waals surface area contributed by atoms with Gasteiger partial charge in [-0.3, -0.25) is 14.0 Å². The lowest BCUT2D eigenvalue weighted by Gasteiger charge is -2.11. The first-order valence-corrected chi connectivity index (χ1v) is 9.91. The fraction of sp³-hybridized carbons (Fsp3) is 0.400. The summed E-state index contributed by atoms with van der Waals surface area (Å²) in [5, 5.41) is 15.8. The van der Waals surface area contributed by atoms with E-state index in [-0.39, 0.29) is 23.1 Å². The van der Waals surface area contributed by atoms with Crippen LogP contribution in [-0.4, -0.2) is 41.4 Å². The van der Waals surface area contributed by atoms with Crippen molar-refractivity contribution in [1.82, 2.24) is 24.3 Å². The molecule has 170 valence electrons. The van der Waals surface area contributed by atoms with Gasteiger partial charge < -0.3 is 10.4 Å². The number of aromatic nitrogens is 5. The van der Waals surface area contributed by atoms with Gasteiger partial charge in [-0.2, -0.15) is 18.3 Å². The second kappa shape index (κ2) is 8.34. The van der Waals surface area contributed by atoms with E-state index >= 15 is 0 Å². The molecule has 4 rings (SSSR count). The Morgan fingerprint density at radius 2 is 2.06 bits per heavy atom. The van der Waals surface area contributed by atoms with Gasteiger partial charge >= 0.3 is 6.18 Å². The topological polar surface area (TPSA) is 97.9 Å². The minimum Gasteiger partial charge on any atom is -0.392 e. The zero-order valence-corrected chi connectivity index (χ0v) is 17.0. The Hall–Kier alpha value is -3.28. The third-order valence-corrected chi connectivity index (χ3v) is 5.38. The maximum absolute atomic E-state index is 14.6. The summed E-state index contributed by atoms with van der Waals surface area (Å²) >= 11 is 0. The van der Waals surface area contributed by atoms with Crippen molar-refractivity contribution < 1.29 is 27.5 Å². The zero-order chi connectivity index (χ0) is 23.0. The highest BCUT2D eigenvalue weighted by Crippen LogP contribution is 2.34. The van der Waals surface area contributed by atoms with Gasteiger partial charge in [0.1, 0.15) is 12.9 Å². The molecule has 1 amide bonds. The van der Waals surface area contributed by atoms with Crippen molar-refractivity contribution in [1.29, 1.82) is 0 Å². The Kier molecular flexibility index (Phi) is 5.71. The Bertz CT molecular complexity index is 1140. The monoisotopic (exact) mass is 452 g/mol. The number of carbonyl (C=O) groups excluding carboxylic acids is 1. The first-order valence-electron chi connectivity index (χ1n) is 9.91. The van der Waals surface area contributed by atoms with Gasteiger partial charge in [0.15, 0.2) is 17.3 Å². The van der Waals surface area contributed by atoms with E-state index in [1.807, 2.05) is 0 Å². The SMILES string of the molecule is Cc1cc(C(F)(F)F)nn1CC(=O)Nc1cnc(-n2cnc(C3CCCC3O)c2)c(F)c1. The van der Waals surface area contributed by atoms with Gasteiger partial charge in [-0.05, 0) is 25.8 Å². The van der Waals surface area contributed by atoms with Crippen molar-refractivity contribution in [3.05, 3.63) is 53.8 Å². The highest BCUT2D eigenvalue weighted by Gasteiger charge is 2.34. The maximum Gasteiger partial charge on any atom is 0.435 e. The molecule has 0 aromatic carbocycles. The van der Waals surface area contributed by atoms with Gasteiger partial charge in [0, 0.05) is 23.9 Å². The summed E-state index contributed by atoms with van der Waals surface area (Å²) in [6.07, 6.45) is 1.57. The van der Waals surface area contributed by atoms with Crippen LogP contribution in [0.25, 0.3) is 5.82 Å². The third-order valence-electron chi connectivity index (χ3n) is 5.38. The van der Waals surface area contributed by atoms with Crippen LogP contribution >= 0.6 is 0 Å². The van der Waals surface area contributed by atoms with Gasteiger partial charge in [-0.1, -0.05) is 6.42 Å². The molecule has 2 unspecified atom stereocenters. The Morgan fingerprint density at radius 1 is 1.28 bits per heavy atom. The van der Waals surface area contributed by atoms with Crippen LogP contribution in [0.2, 0.25) is 0 Å². The second-order valence-electron chi connectivity index (χ2n) is 7.71. The molecule has 2 atom stereocenters. The molecule has 3 aromatic rings. The Morgan fingerprint density at radius 3 is 2.69 bits per heavy atom. The van der Waals surface area contributed by atoms with Crippen molar-refractivity contribution in [2.75, 3.05) is 5.32 Å². The summed E-state index contributed by atoms with van der Waals surface area (Å²) in [5.41, 5.74) is -0.231. The number of rotatable bonds is 5. The molecule has 32 heavy (non-hydrogen) atoms. The van der Waals surface area contributed by atoms with E-state index in [1.54, 1.807) is 6.20 Å². The minimum atomic E-state index is -4.61. The standard InChI is InChI=1S/C20H20F4N6O2/c1-11-5-17(20(22,23)24)28-30(11)9-18(32)27-12-6-14(21)19(25-7-12)29-8-15(26-10-29)13-3-2-4-16(13)31/h5-8,10,13,16,31H,2-4,9H2,1H3,(H,27,32). The van der Waals surface area contributed by atoms with E-state index in [0.717, 1.165) is 29.7 Å². The molecule has 0 bridgehead atoms. The fourth-order valence-corrected chi connectivity index (χ4v) is 3.77. The summed E-state index contributed by atoms with van der Waals surface area (Å²) < 4.78 is 55.2. The normalized spacial score (nSPS) is 18.8. The highest BCUT2D eigenvalue weighted by atomic mass is 19.4. The smallest absolute Gasteiger partial charge is 0.392 e. The molecule has 12 heteroatoms. The molecule has 1 aliphatic carbocycles. The molecular formula is C20H20F4N6O2. The van der Waals surface area contributed by atoms with E-state index in [2.05, 4.69) is 20.4 Å². The van der Waals surface area contributed by atoms with Crippen LogP contribution in [0.4, 0.5) is 23.2 Å². The number of aliphatic hydroxyl groups is 1. The van der Waals surface area contributed by atoms with Crippen LogP contribution in [0, 0.1) is 12.7 Å². The molecule has 1 saturated carbocycles. The number of nitrogens with zero attached hydrogens (tertiary/aromatic N) is 5. The van der Waals surface area contributed by atoms with Gasteiger partial charge in [-0.25, -0.2) is 14.4 Å².